The second-order valence-electron chi connectivity index (χ2n) is 12.5. The molecule has 0 bridgehead atoms. The third-order valence-corrected chi connectivity index (χ3v) is 8.85. The number of aromatic nitrogens is 2. The molecule has 5 aromatic rings. The standard InChI is InChI=1S/C40H40N2O11/c1-4-13-25(21-32-41-27-17-9-11-19-29(27)48-32)38(45)51-34-31(23-43)50-40(47-3)36(53-37(44)24-15-7-6-8-16-24)35(34)52-39(46)26(14-5-2)22-33-42-28-18-10-12-20-30(28)49-33/h4-12,15-20,25-26,31,34-36,40,43H,1-2,13-14,21-23H2,3H3/t25-,26-,31+,34+,35-,36-,40-/m0/s1. The number of fused-ring (bicyclic) bond motifs is 2. The Kier molecular flexibility index (Phi) is 12.1. The van der Waals surface area contributed by atoms with Crippen molar-refractivity contribution in [2.45, 2.75) is 56.4 Å². The summed E-state index contributed by atoms with van der Waals surface area (Å²) in [5.41, 5.74) is 2.56. The van der Waals surface area contributed by atoms with Crippen LogP contribution in [0.4, 0.5) is 0 Å². The van der Waals surface area contributed by atoms with Gasteiger partial charge >= 0.3 is 17.9 Å². The molecule has 0 amide bonds. The number of carbonyl (C=O) groups excluding carboxylic acids is 3. The average Bonchev–Trinajstić information content (AvgIpc) is 3.79. The van der Waals surface area contributed by atoms with Crippen molar-refractivity contribution in [1.82, 2.24) is 9.97 Å². The molecule has 0 aliphatic carbocycles. The number of oxazole rings is 2. The second kappa shape index (κ2) is 17.3. The number of ether oxygens (including phenoxy) is 5. The highest BCUT2D eigenvalue weighted by molar-refractivity contribution is 5.89. The Labute approximate surface area is 305 Å². The molecule has 0 radical (unpaired) electrons. The van der Waals surface area contributed by atoms with E-state index < -0.39 is 67.1 Å². The van der Waals surface area contributed by atoms with Gasteiger partial charge in [-0.1, -0.05) is 54.6 Å². The molecule has 0 spiro atoms. The number of rotatable bonds is 16. The predicted molar refractivity (Wildman–Crippen MR) is 190 cm³/mol. The minimum absolute atomic E-state index is 0.0464. The first kappa shape index (κ1) is 37.1. The van der Waals surface area contributed by atoms with Gasteiger partial charge in [-0.2, -0.15) is 0 Å². The molecule has 276 valence electrons. The fourth-order valence-electron chi connectivity index (χ4n) is 6.21. The molecule has 1 N–H and O–H groups in total. The SMILES string of the molecule is C=CC[C@@H](Cc1nc2ccccc2o1)C(=O)O[C@@H]1[C@H](OC(=O)c2ccccc2)[C@@H](OC)O[C@H](CO)[C@H]1OC(=O)[C@@H](CC=C)Cc1nc2ccccc2o1. The Morgan fingerprint density at radius 2 is 1.25 bits per heavy atom. The maximum Gasteiger partial charge on any atom is 0.338 e. The lowest BCUT2D eigenvalue weighted by Gasteiger charge is -2.44. The van der Waals surface area contributed by atoms with Gasteiger partial charge in [0.25, 0.3) is 0 Å². The van der Waals surface area contributed by atoms with E-state index in [1.54, 1.807) is 66.7 Å². The first-order chi connectivity index (χ1) is 25.8. The lowest BCUT2D eigenvalue weighted by atomic mass is 9.96. The number of aliphatic hydroxyl groups excluding tert-OH is 1. The van der Waals surface area contributed by atoms with Crippen molar-refractivity contribution in [3.8, 4) is 0 Å². The monoisotopic (exact) mass is 724 g/mol. The van der Waals surface area contributed by atoms with Gasteiger partial charge in [0.15, 0.2) is 47.5 Å². The molecule has 0 unspecified atom stereocenters. The Hall–Kier alpha value is -5.63. The van der Waals surface area contributed by atoms with Gasteiger partial charge in [-0.3, -0.25) is 9.59 Å². The van der Waals surface area contributed by atoms with E-state index in [1.165, 1.54) is 7.11 Å². The van der Waals surface area contributed by atoms with Gasteiger partial charge in [-0.25, -0.2) is 14.8 Å². The number of allylic oxidation sites excluding steroid dienone is 2. The number of para-hydroxylation sites is 4. The summed E-state index contributed by atoms with van der Waals surface area (Å²) in [5, 5.41) is 10.5. The highest BCUT2D eigenvalue weighted by atomic mass is 16.7. The molecule has 1 aliphatic heterocycles. The maximum atomic E-state index is 14.1. The van der Waals surface area contributed by atoms with Gasteiger partial charge in [0.05, 0.1) is 24.0 Å². The molecular formula is C40H40N2O11. The number of aliphatic hydroxyl groups is 1. The van der Waals surface area contributed by atoms with Crippen LogP contribution in [0, 0.1) is 11.8 Å². The van der Waals surface area contributed by atoms with Crippen molar-refractivity contribution in [3.05, 3.63) is 122 Å². The minimum atomic E-state index is -1.50. The molecule has 0 saturated carbocycles. The third kappa shape index (κ3) is 8.71. The lowest BCUT2D eigenvalue weighted by Crippen LogP contribution is -2.63. The number of carbonyl (C=O) groups is 3. The Bertz CT molecular complexity index is 1970. The van der Waals surface area contributed by atoms with E-state index in [1.807, 2.05) is 24.3 Å². The van der Waals surface area contributed by atoms with Crippen molar-refractivity contribution < 1.29 is 52.0 Å². The van der Waals surface area contributed by atoms with E-state index in [2.05, 4.69) is 23.1 Å². The summed E-state index contributed by atoms with van der Waals surface area (Å²) < 4.78 is 41.4. The summed E-state index contributed by atoms with van der Waals surface area (Å²) in [6.45, 7) is 6.93. The molecule has 7 atom stereocenters. The molecular weight excluding hydrogens is 684 g/mol. The summed E-state index contributed by atoms with van der Waals surface area (Å²) in [4.78, 5) is 50.5. The molecule has 3 heterocycles. The van der Waals surface area contributed by atoms with Gasteiger partial charge in [0, 0.05) is 20.0 Å². The number of benzene rings is 3. The maximum absolute atomic E-state index is 14.1. The van der Waals surface area contributed by atoms with Crippen LogP contribution in [0.5, 0.6) is 0 Å². The van der Waals surface area contributed by atoms with Crippen molar-refractivity contribution >= 4 is 40.1 Å². The summed E-state index contributed by atoms with van der Waals surface area (Å²) >= 11 is 0. The normalized spacial score (nSPS) is 21.1. The van der Waals surface area contributed by atoms with E-state index >= 15 is 0 Å². The van der Waals surface area contributed by atoms with E-state index in [4.69, 9.17) is 32.5 Å². The molecule has 1 fully saturated rings. The zero-order chi connectivity index (χ0) is 37.3. The molecule has 1 saturated heterocycles. The number of hydrogen-bond donors (Lipinski definition) is 1. The topological polar surface area (TPSA) is 170 Å². The zero-order valence-electron chi connectivity index (χ0n) is 29.1. The molecule has 53 heavy (non-hydrogen) atoms. The molecule has 6 rings (SSSR count). The van der Waals surface area contributed by atoms with Crippen LogP contribution in [0.1, 0.15) is 35.0 Å². The molecule has 3 aromatic carbocycles. The van der Waals surface area contributed by atoms with Crippen LogP contribution >= 0.6 is 0 Å². The molecule has 13 nitrogen and oxygen atoms in total. The summed E-state index contributed by atoms with van der Waals surface area (Å²) in [6.07, 6.45) is -3.41. The van der Waals surface area contributed by atoms with E-state index in [9.17, 15) is 19.5 Å². The lowest BCUT2D eigenvalue weighted by molar-refractivity contribution is -0.300. The van der Waals surface area contributed by atoms with Crippen LogP contribution < -0.4 is 0 Å². The van der Waals surface area contributed by atoms with Gasteiger partial charge in [0.2, 0.25) is 0 Å². The minimum Gasteiger partial charge on any atom is -0.455 e. The number of esters is 3. The van der Waals surface area contributed by atoms with Crippen molar-refractivity contribution in [2.24, 2.45) is 11.8 Å². The highest BCUT2D eigenvalue weighted by Crippen LogP contribution is 2.32. The Morgan fingerprint density at radius 1 is 0.736 bits per heavy atom. The van der Waals surface area contributed by atoms with Gasteiger partial charge in [-0.15, -0.1) is 13.2 Å². The van der Waals surface area contributed by atoms with Crippen LogP contribution in [0.25, 0.3) is 22.2 Å². The van der Waals surface area contributed by atoms with Gasteiger partial charge in [-0.05, 0) is 49.2 Å². The summed E-state index contributed by atoms with van der Waals surface area (Å²) in [6, 6.07) is 22.6. The van der Waals surface area contributed by atoms with Gasteiger partial charge < -0.3 is 37.6 Å². The summed E-state index contributed by atoms with van der Waals surface area (Å²) in [5.74, 6) is -3.35. The third-order valence-electron chi connectivity index (χ3n) is 8.85. The average molecular weight is 725 g/mol. The van der Waals surface area contributed by atoms with E-state index in [0.717, 1.165) is 0 Å². The van der Waals surface area contributed by atoms with Crippen LogP contribution in [-0.4, -0.2) is 77.4 Å². The zero-order valence-corrected chi connectivity index (χ0v) is 29.1. The van der Waals surface area contributed by atoms with Crippen molar-refractivity contribution in [3.63, 3.8) is 0 Å². The quantitative estimate of drug-likeness (QED) is 0.0764. The largest absolute Gasteiger partial charge is 0.455 e. The van der Waals surface area contributed by atoms with Crippen molar-refractivity contribution in [1.29, 1.82) is 0 Å². The molecule has 2 aromatic heterocycles. The Balaban J connectivity index is 1.31. The van der Waals surface area contributed by atoms with Crippen LogP contribution in [0.3, 0.4) is 0 Å². The molecule has 1 aliphatic rings. The van der Waals surface area contributed by atoms with Crippen LogP contribution in [-0.2, 0) is 46.1 Å². The first-order valence-electron chi connectivity index (χ1n) is 17.2. The smallest absolute Gasteiger partial charge is 0.338 e. The predicted octanol–water partition coefficient (Wildman–Crippen LogP) is 5.55. The van der Waals surface area contributed by atoms with Crippen molar-refractivity contribution in [2.75, 3.05) is 13.7 Å². The fraction of sp³-hybridized carbons (Fsp3) is 0.325. The summed E-state index contributed by atoms with van der Waals surface area (Å²) in [7, 11) is 1.31. The van der Waals surface area contributed by atoms with E-state index in [0.29, 0.717) is 34.0 Å². The fourth-order valence-corrected chi connectivity index (χ4v) is 6.21. The number of nitrogens with zero attached hydrogens (tertiary/aromatic N) is 2. The first-order valence-corrected chi connectivity index (χ1v) is 17.2. The van der Waals surface area contributed by atoms with Gasteiger partial charge in [0.1, 0.15) is 17.1 Å². The number of hydrogen-bond acceptors (Lipinski definition) is 13. The van der Waals surface area contributed by atoms with E-state index in [-0.39, 0.29) is 31.2 Å². The van der Waals surface area contributed by atoms with Crippen LogP contribution in [0.15, 0.2) is 113 Å². The van der Waals surface area contributed by atoms with Crippen LogP contribution in [0.2, 0.25) is 0 Å². The molecule has 13 heteroatoms. The second-order valence-corrected chi connectivity index (χ2v) is 12.5. The highest BCUT2D eigenvalue weighted by Gasteiger charge is 2.53. The number of methoxy groups -OCH3 is 1. The Morgan fingerprint density at radius 3 is 1.74 bits per heavy atom.